The molecule has 1 N–H and O–H groups in total. The molecule has 13 heavy (non-hydrogen) atoms. The molecule has 0 unspecified atom stereocenters. The number of hydrogen-bond donors (Lipinski definition) is 1. The summed E-state index contributed by atoms with van der Waals surface area (Å²) in [6, 6.07) is 3.00. The Hall–Kier alpha value is -1.29. The van der Waals surface area contributed by atoms with Crippen LogP contribution < -0.4 is 5.32 Å². The van der Waals surface area contributed by atoms with E-state index in [0.29, 0.717) is 0 Å². The molecule has 0 aliphatic rings. The summed E-state index contributed by atoms with van der Waals surface area (Å²) >= 11 is 5.68. The Morgan fingerprint density at radius 1 is 1.54 bits per heavy atom. The number of halogens is 1. The first-order chi connectivity index (χ1) is 6.06. The van der Waals surface area contributed by atoms with Crippen LogP contribution in [0.4, 0.5) is 11.4 Å². The van der Waals surface area contributed by atoms with Gasteiger partial charge in [-0.2, -0.15) is 0 Å². The standard InChI is InChI=1S/C8H9ClN2O2/c1-5-3-6(9)8(11(12)13)4-7(5)10-2/h3-4,10H,1-2H3. The van der Waals surface area contributed by atoms with E-state index in [9.17, 15) is 10.1 Å². The molecule has 4 nitrogen and oxygen atoms in total. The highest BCUT2D eigenvalue weighted by Crippen LogP contribution is 2.30. The lowest BCUT2D eigenvalue weighted by molar-refractivity contribution is -0.384. The van der Waals surface area contributed by atoms with Gasteiger partial charge in [-0.3, -0.25) is 10.1 Å². The molecular formula is C8H9ClN2O2. The zero-order valence-corrected chi connectivity index (χ0v) is 8.05. The third-order valence-electron chi connectivity index (χ3n) is 1.76. The van der Waals surface area contributed by atoms with Gasteiger partial charge < -0.3 is 5.32 Å². The topological polar surface area (TPSA) is 55.2 Å². The quantitative estimate of drug-likeness (QED) is 0.590. The molecule has 0 spiro atoms. The van der Waals surface area contributed by atoms with E-state index in [2.05, 4.69) is 5.32 Å². The van der Waals surface area contributed by atoms with E-state index >= 15 is 0 Å². The van der Waals surface area contributed by atoms with Crippen molar-refractivity contribution in [2.75, 3.05) is 12.4 Å². The monoisotopic (exact) mass is 200 g/mol. The second kappa shape index (κ2) is 3.62. The third-order valence-corrected chi connectivity index (χ3v) is 2.06. The summed E-state index contributed by atoms with van der Waals surface area (Å²) in [5, 5.41) is 13.5. The van der Waals surface area contributed by atoms with Crippen molar-refractivity contribution in [1.82, 2.24) is 0 Å². The van der Waals surface area contributed by atoms with E-state index in [4.69, 9.17) is 11.6 Å². The predicted octanol–water partition coefficient (Wildman–Crippen LogP) is 2.60. The Bertz CT molecular complexity index is 352. The minimum absolute atomic E-state index is 0.0726. The SMILES string of the molecule is CNc1cc([N+](=O)[O-])c(Cl)cc1C. The first kappa shape index (κ1) is 9.80. The maximum absolute atomic E-state index is 10.5. The van der Waals surface area contributed by atoms with Crippen molar-refractivity contribution in [2.24, 2.45) is 0 Å². The number of hydrogen-bond acceptors (Lipinski definition) is 3. The maximum Gasteiger partial charge on any atom is 0.289 e. The van der Waals surface area contributed by atoms with E-state index in [1.807, 2.05) is 6.92 Å². The second-order valence-corrected chi connectivity index (χ2v) is 3.03. The molecule has 0 amide bonds. The largest absolute Gasteiger partial charge is 0.388 e. The van der Waals surface area contributed by atoms with Gasteiger partial charge in [-0.1, -0.05) is 11.6 Å². The van der Waals surface area contributed by atoms with Gasteiger partial charge in [-0.25, -0.2) is 0 Å². The summed E-state index contributed by atoms with van der Waals surface area (Å²) in [4.78, 5) is 10.00. The van der Waals surface area contributed by atoms with Crippen LogP contribution in [-0.2, 0) is 0 Å². The molecule has 0 radical (unpaired) electrons. The number of aryl methyl sites for hydroxylation is 1. The van der Waals surface area contributed by atoms with Gasteiger partial charge in [0, 0.05) is 18.8 Å². The van der Waals surface area contributed by atoms with Crippen LogP contribution in [0.3, 0.4) is 0 Å². The molecule has 5 heteroatoms. The zero-order valence-electron chi connectivity index (χ0n) is 7.30. The number of benzene rings is 1. The highest BCUT2D eigenvalue weighted by atomic mass is 35.5. The fraction of sp³-hybridized carbons (Fsp3) is 0.250. The highest BCUT2D eigenvalue weighted by Gasteiger charge is 2.14. The second-order valence-electron chi connectivity index (χ2n) is 2.63. The van der Waals surface area contributed by atoms with Gasteiger partial charge in [0.25, 0.3) is 5.69 Å². The number of nitro groups is 1. The molecule has 0 bridgehead atoms. The van der Waals surface area contributed by atoms with Crippen molar-refractivity contribution in [3.63, 3.8) is 0 Å². The molecule has 0 heterocycles. The molecule has 0 fully saturated rings. The van der Waals surface area contributed by atoms with Gasteiger partial charge in [0.1, 0.15) is 5.02 Å². The smallest absolute Gasteiger partial charge is 0.289 e. The first-order valence-corrected chi connectivity index (χ1v) is 4.06. The van der Waals surface area contributed by atoms with Crippen LogP contribution in [0.25, 0.3) is 0 Å². The van der Waals surface area contributed by atoms with Gasteiger partial charge in [-0.05, 0) is 18.6 Å². The van der Waals surface area contributed by atoms with Crippen molar-refractivity contribution >= 4 is 23.0 Å². The number of rotatable bonds is 2. The molecule has 0 saturated heterocycles. The van der Waals surface area contributed by atoms with Crippen LogP contribution in [0, 0.1) is 17.0 Å². The van der Waals surface area contributed by atoms with Crippen molar-refractivity contribution < 1.29 is 4.92 Å². The van der Waals surface area contributed by atoms with Crippen LogP contribution in [0.15, 0.2) is 12.1 Å². The molecule has 1 rings (SSSR count). The summed E-state index contributed by atoms with van der Waals surface area (Å²) in [5.74, 6) is 0. The lowest BCUT2D eigenvalue weighted by Crippen LogP contribution is -1.95. The average Bonchev–Trinajstić information content (AvgIpc) is 2.03. The van der Waals surface area contributed by atoms with Gasteiger partial charge in [0.2, 0.25) is 0 Å². The van der Waals surface area contributed by atoms with E-state index < -0.39 is 4.92 Å². The number of nitrogens with zero attached hydrogens (tertiary/aromatic N) is 1. The van der Waals surface area contributed by atoms with E-state index in [1.165, 1.54) is 6.07 Å². The number of anilines is 1. The van der Waals surface area contributed by atoms with Gasteiger partial charge >= 0.3 is 0 Å². The maximum atomic E-state index is 10.5. The predicted molar refractivity (Wildman–Crippen MR) is 52.4 cm³/mol. The van der Waals surface area contributed by atoms with Crippen molar-refractivity contribution in [1.29, 1.82) is 0 Å². The Balaban J connectivity index is 3.30. The van der Waals surface area contributed by atoms with Crippen molar-refractivity contribution in [3.05, 3.63) is 32.8 Å². The Morgan fingerprint density at radius 2 is 2.15 bits per heavy atom. The Morgan fingerprint density at radius 3 is 2.62 bits per heavy atom. The fourth-order valence-electron chi connectivity index (χ4n) is 1.07. The summed E-state index contributed by atoms with van der Waals surface area (Å²) in [6.45, 7) is 1.83. The van der Waals surface area contributed by atoms with Gasteiger partial charge in [0.15, 0.2) is 0 Å². The lowest BCUT2D eigenvalue weighted by atomic mass is 10.2. The number of nitrogens with one attached hydrogen (secondary N) is 1. The number of nitro benzene ring substituents is 1. The van der Waals surface area contributed by atoms with Gasteiger partial charge in [-0.15, -0.1) is 0 Å². The van der Waals surface area contributed by atoms with E-state index in [0.717, 1.165) is 11.3 Å². The van der Waals surface area contributed by atoms with Crippen LogP contribution in [0.1, 0.15) is 5.56 Å². The minimum atomic E-state index is -0.497. The molecule has 0 atom stereocenters. The highest BCUT2D eigenvalue weighted by molar-refractivity contribution is 6.32. The summed E-state index contributed by atoms with van der Waals surface area (Å²) in [6.07, 6.45) is 0. The Labute approximate surface area is 80.7 Å². The molecule has 0 aromatic heterocycles. The molecule has 1 aromatic carbocycles. The fourth-order valence-corrected chi connectivity index (χ4v) is 1.36. The van der Waals surface area contributed by atoms with Crippen LogP contribution in [0.5, 0.6) is 0 Å². The normalized spacial score (nSPS) is 9.77. The molecule has 0 aliphatic carbocycles. The van der Waals surface area contributed by atoms with Crippen LogP contribution in [0.2, 0.25) is 5.02 Å². The summed E-state index contributed by atoms with van der Waals surface area (Å²) in [7, 11) is 1.71. The van der Waals surface area contributed by atoms with E-state index in [1.54, 1.807) is 13.1 Å². The molecule has 70 valence electrons. The van der Waals surface area contributed by atoms with Crippen LogP contribution in [-0.4, -0.2) is 12.0 Å². The molecule has 1 aromatic rings. The van der Waals surface area contributed by atoms with E-state index in [-0.39, 0.29) is 10.7 Å². The molecular weight excluding hydrogens is 192 g/mol. The van der Waals surface area contributed by atoms with Crippen molar-refractivity contribution in [2.45, 2.75) is 6.92 Å². The minimum Gasteiger partial charge on any atom is -0.388 e. The van der Waals surface area contributed by atoms with Crippen molar-refractivity contribution in [3.8, 4) is 0 Å². The van der Waals surface area contributed by atoms with Crippen LogP contribution >= 0.6 is 11.6 Å². The Kier molecular flexibility index (Phi) is 2.72. The summed E-state index contributed by atoms with van der Waals surface area (Å²) < 4.78 is 0. The molecule has 0 aliphatic heterocycles. The average molecular weight is 201 g/mol. The summed E-state index contributed by atoms with van der Waals surface area (Å²) in [5.41, 5.74) is 1.53. The first-order valence-electron chi connectivity index (χ1n) is 3.68. The third kappa shape index (κ3) is 1.89. The lowest BCUT2D eigenvalue weighted by Gasteiger charge is -2.05. The van der Waals surface area contributed by atoms with Gasteiger partial charge in [0.05, 0.1) is 4.92 Å². The molecule has 0 saturated carbocycles. The zero-order chi connectivity index (χ0) is 10.0.